The second-order valence-electron chi connectivity index (χ2n) is 9.23. The number of anilines is 3. The van der Waals surface area contributed by atoms with Crippen LogP contribution in [0.25, 0.3) is 0 Å². The molecule has 2 fully saturated rings. The van der Waals surface area contributed by atoms with E-state index in [9.17, 15) is 4.79 Å². The number of nitrogens with zero attached hydrogens (tertiary/aromatic N) is 6. The number of hydrogen-bond acceptors (Lipinski definition) is 7. The standard InChI is InChI=1S/C27H30Cl2N6OS/c1-20-5-2-3-8-23(20)33-11-15-35(16-12-33)26(36)19-37-27-30-24(29)18-25(31-27)34-13-9-32(10-14-34)22-7-4-6-21(28)17-22/h2-8,17-18H,9-16,19H2,1H3. The third kappa shape index (κ3) is 6.43. The van der Waals surface area contributed by atoms with Gasteiger partial charge in [-0.05, 0) is 36.8 Å². The Labute approximate surface area is 232 Å². The monoisotopic (exact) mass is 556 g/mol. The van der Waals surface area contributed by atoms with Crippen molar-refractivity contribution >= 4 is 58.1 Å². The fourth-order valence-corrected chi connectivity index (χ4v) is 5.98. The Balaban J connectivity index is 1.14. The Morgan fingerprint density at radius 2 is 1.54 bits per heavy atom. The van der Waals surface area contributed by atoms with Crippen molar-refractivity contribution in [3.05, 3.63) is 70.3 Å². The van der Waals surface area contributed by atoms with Crippen molar-refractivity contribution in [3.63, 3.8) is 0 Å². The first-order chi connectivity index (χ1) is 18.0. The molecular weight excluding hydrogens is 527 g/mol. The lowest BCUT2D eigenvalue weighted by Crippen LogP contribution is -2.49. The van der Waals surface area contributed by atoms with Crippen LogP contribution >= 0.6 is 35.0 Å². The Morgan fingerprint density at radius 3 is 2.27 bits per heavy atom. The van der Waals surface area contributed by atoms with Crippen molar-refractivity contribution in [3.8, 4) is 0 Å². The zero-order valence-corrected chi connectivity index (χ0v) is 23.1. The molecule has 0 N–H and O–H groups in total. The highest BCUT2D eigenvalue weighted by Gasteiger charge is 2.23. The summed E-state index contributed by atoms with van der Waals surface area (Å²) in [6.07, 6.45) is 0. The van der Waals surface area contributed by atoms with Gasteiger partial charge in [0.2, 0.25) is 5.91 Å². The molecule has 0 atom stereocenters. The maximum Gasteiger partial charge on any atom is 0.233 e. The number of carbonyl (C=O) groups excluding carboxylic acids is 1. The highest BCUT2D eigenvalue weighted by molar-refractivity contribution is 7.99. The summed E-state index contributed by atoms with van der Waals surface area (Å²) in [4.78, 5) is 30.8. The quantitative estimate of drug-likeness (QED) is 0.244. The molecule has 0 bridgehead atoms. The highest BCUT2D eigenvalue weighted by Crippen LogP contribution is 2.26. The second-order valence-corrected chi connectivity index (χ2v) is 11.0. The number of aromatic nitrogens is 2. The van der Waals surface area contributed by atoms with Crippen molar-refractivity contribution < 1.29 is 4.79 Å². The normalized spacial score (nSPS) is 16.3. The van der Waals surface area contributed by atoms with Gasteiger partial charge in [-0.15, -0.1) is 0 Å². The van der Waals surface area contributed by atoms with Crippen LogP contribution in [0, 0.1) is 6.92 Å². The molecule has 0 spiro atoms. The van der Waals surface area contributed by atoms with Crippen molar-refractivity contribution in [1.82, 2.24) is 14.9 Å². The molecule has 2 saturated heterocycles. The van der Waals surface area contributed by atoms with Crippen molar-refractivity contribution in [2.45, 2.75) is 12.1 Å². The molecule has 2 aliphatic heterocycles. The molecule has 194 valence electrons. The van der Waals surface area contributed by atoms with Crippen LogP contribution in [0.1, 0.15) is 5.56 Å². The molecule has 10 heteroatoms. The molecule has 0 aliphatic carbocycles. The number of hydrogen-bond donors (Lipinski definition) is 0. The van der Waals surface area contributed by atoms with Crippen LogP contribution in [0.15, 0.2) is 59.8 Å². The Morgan fingerprint density at radius 1 is 0.838 bits per heavy atom. The minimum absolute atomic E-state index is 0.106. The molecule has 1 aromatic heterocycles. The molecule has 5 rings (SSSR count). The molecular formula is C27H30Cl2N6OS. The number of halogens is 2. The first-order valence-corrected chi connectivity index (χ1v) is 14.2. The van der Waals surface area contributed by atoms with Crippen LogP contribution in [0.5, 0.6) is 0 Å². The fourth-order valence-electron chi connectivity index (χ4n) is 4.81. The van der Waals surface area contributed by atoms with Crippen LogP contribution in [-0.4, -0.2) is 78.9 Å². The summed E-state index contributed by atoms with van der Waals surface area (Å²) < 4.78 is 0. The average Bonchev–Trinajstić information content (AvgIpc) is 2.92. The van der Waals surface area contributed by atoms with E-state index < -0.39 is 0 Å². The van der Waals surface area contributed by atoms with Crippen LogP contribution in [-0.2, 0) is 4.79 Å². The highest BCUT2D eigenvalue weighted by atomic mass is 35.5. The van der Waals surface area contributed by atoms with Gasteiger partial charge in [0, 0.05) is 74.8 Å². The van der Waals surface area contributed by atoms with E-state index in [1.54, 1.807) is 6.07 Å². The van der Waals surface area contributed by atoms with E-state index in [1.807, 2.05) is 23.1 Å². The third-order valence-corrected chi connectivity index (χ3v) is 8.11. The minimum Gasteiger partial charge on any atom is -0.368 e. The lowest BCUT2D eigenvalue weighted by Gasteiger charge is -2.37. The molecule has 2 aromatic carbocycles. The molecule has 1 amide bonds. The summed E-state index contributed by atoms with van der Waals surface area (Å²) in [6, 6.07) is 18.1. The first kappa shape index (κ1) is 25.9. The van der Waals surface area contributed by atoms with Crippen molar-refractivity contribution in [2.24, 2.45) is 0 Å². The topological polar surface area (TPSA) is 55.8 Å². The van der Waals surface area contributed by atoms with E-state index >= 15 is 0 Å². The van der Waals surface area contributed by atoms with E-state index in [-0.39, 0.29) is 5.91 Å². The summed E-state index contributed by atoms with van der Waals surface area (Å²) >= 11 is 13.9. The Bertz CT molecular complexity index is 1250. The van der Waals surface area contributed by atoms with Gasteiger partial charge in [0.05, 0.1) is 5.75 Å². The lowest BCUT2D eigenvalue weighted by atomic mass is 10.1. The molecule has 7 nitrogen and oxygen atoms in total. The number of carbonyl (C=O) groups is 1. The maximum atomic E-state index is 12.9. The van der Waals surface area contributed by atoms with Crippen LogP contribution in [0.2, 0.25) is 10.2 Å². The van der Waals surface area contributed by atoms with Crippen molar-refractivity contribution in [1.29, 1.82) is 0 Å². The number of rotatable bonds is 6. The maximum absolute atomic E-state index is 12.9. The summed E-state index contributed by atoms with van der Waals surface area (Å²) in [5, 5.41) is 1.67. The van der Waals surface area contributed by atoms with Gasteiger partial charge >= 0.3 is 0 Å². The number of piperazine rings is 2. The molecule has 0 unspecified atom stereocenters. The fraction of sp³-hybridized carbons (Fsp3) is 0.370. The van der Waals surface area contributed by atoms with E-state index in [1.165, 1.54) is 23.0 Å². The predicted molar refractivity (Wildman–Crippen MR) is 154 cm³/mol. The first-order valence-electron chi connectivity index (χ1n) is 12.5. The van der Waals surface area contributed by atoms with Gasteiger partial charge in [0.25, 0.3) is 0 Å². The predicted octanol–water partition coefficient (Wildman–Crippen LogP) is 4.86. The van der Waals surface area contributed by atoms with Gasteiger partial charge in [0.1, 0.15) is 11.0 Å². The SMILES string of the molecule is Cc1ccccc1N1CCN(C(=O)CSc2nc(Cl)cc(N3CCN(c4cccc(Cl)c4)CC3)n2)CC1. The molecule has 3 heterocycles. The van der Waals surface area contributed by atoms with Gasteiger partial charge in [0.15, 0.2) is 5.16 Å². The Hall–Kier alpha value is -2.68. The molecule has 3 aromatic rings. The van der Waals surface area contributed by atoms with Crippen LogP contribution in [0.3, 0.4) is 0 Å². The average molecular weight is 558 g/mol. The lowest BCUT2D eigenvalue weighted by molar-refractivity contribution is -0.128. The molecule has 0 saturated carbocycles. The van der Waals surface area contributed by atoms with Gasteiger partial charge in [-0.1, -0.05) is 59.2 Å². The van der Waals surface area contributed by atoms with E-state index in [2.05, 4.69) is 56.9 Å². The summed E-state index contributed by atoms with van der Waals surface area (Å²) in [5.74, 6) is 1.20. The van der Waals surface area contributed by atoms with Gasteiger partial charge in [-0.2, -0.15) is 0 Å². The van der Waals surface area contributed by atoms with Gasteiger partial charge in [-0.25, -0.2) is 9.97 Å². The second kappa shape index (κ2) is 11.8. The zero-order valence-electron chi connectivity index (χ0n) is 20.8. The number of amides is 1. The molecule has 0 radical (unpaired) electrons. The van der Waals surface area contributed by atoms with Gasteiger partial charge < -0.3 is 19.6 Å². The summed E-state index contributed by atoms with van der Waals surface area (Å²) in [5.41, 5.74) is 3.64. The largest absolute Gasteiger partial charge is 0.368 e. The van der Waals surface area contributed by atoms with E-state index in [4.69, 9.17) is 28.2 Å². The van der Waals surface area contributed by atoms with E-state index in [0.29, 0.717) is 29.2 Å². The third-order valence-electron chi connectivity index (χ3n) is 6.85. The number of aryl methyl sites for hydroxylation is 1. The Kier molecular flexibility index (Phi) is 8.27. The van der Waals surface area contributed by atoms with Crippen LogP contribution < -0.4 is 14.7 Å². The van der Waals surface area contributed by atoms with E-state index in [0.717, 1.165) is 55.8 Å². The van der Waals surface area contributed by atoms with Gasteiger partial charge in [-0.3, -0.25) is 4.79 Å². The molecule has 37 heavy (non-hydrogen) atoms. The number of thioether (sulfide) groups is 1. The van der Waals surface area contributed by atoms with Crippen LogP contribution in [0.4, 0.5) is 17.2 Å². The molecule has 2 aliphatic rings. The number of para-hydroxylation sites is 1. The van der Waals surface area contributed by atoms with Crippen molar-refractivity contribution in [2.75, 3.05) is 72.8 Å². The summed E-state index contributed by atoms with van der Waals surface area (Å²) in [6.45, 7) is 8.57. The minimum atomic E-state index is 0.106. The zero-order chi connectivity index (χ0) is 25.8. The number of benzene rings is 2. The smallest absolute Gasteiger partial charge is 0.233 e. The summed E-state index contributed by atoms with van der Waals surface area (Å²) in [7, 11) is 0.